The second-order valence-electron chi connectivity index (χ2n) is 5.69. The van der Waals surface area contributed by atoms with Gasteiger partial charge in [-0.15, -0.1) is 0 Å². The highest BCUT2D eigenvalue weighted by Gasteiger charge is 2.35. The van der Waals surface area contributed by atoms with Gasteiger partial charge in [-0.2, -0.15) is 4.98 Å². The maximum atomic E-state index is 6.34. The summed E-state index contributed by atoms with van der Waals surface area (Å²) in [5.74, 6) is 2.20. The molecule has 0 bridgehead atoms. The number of benzene rings is 1. The first kappa shape index (κ1) is 14.1. The number of hydrogen-bond acceptors (Lipinski definition) is 5. The van der Waals surface area contributed by atoms with Gasteiger partial charge in [0.2, 0.25) is 5.89 Å². The van der Waals surface area contributed by atoms with Crippen molar-refractivity contribution < 1.29 is 9.26 Å². The van der Waals surface area contributed by atoms with E-state index in [1.54, 1.807) is 7.11 Å². The van der Waals surface area contributed by atoms with E-state index < -0.39 is 0 Å². The number of methoxy groups -OCH3 is 1. The number of hydrogen-bond donors (Lipinski definition) is 1. The average Bonchev–Trinajstić information content (AvgIpc) is 3.15. The van der Waals surface area contributed by atoms with Crippen LogP contribution in [0.5, 0.6) is 5.75 Å². The number of nitrogens with zero attached hydrogens (tertiary/aromatic N) is 2. The Morgan fingerprint density at radius 3 is 2.76 bits per heavy atom. The summed E-state index contributed by atoms with van der Waals surface area (Å²) in [7, 11) is 1.68. The van der Waals surface area contributed by atoms with Crippen LogP contribution < -0.4 is 10.5 Å². The van der Waals surface area contributed by atoms with Gasteiger partial charge in [0, 0.05) is 6.42 Å². The molecular formula is C16H21N3O2. The summed E-state index contributed by atoms with van der Waals surface area (Å²) in [6.07, 6.45) is 5.67. The third-order valence-electron chi connectivity index (χ3n) is 4.21. The first-order valence-corrected chi connectivity index (χ1v) is 7.45. The lowest BCUT2D eigenvalue weighted by molar-refractivity contribution is 0.348. The Hall–Kier alpha value is -1.88. The van der Waals surface area contributed by atoms with Crippen LogP contribution in [0.1, 0.15) is 43.0 Å². The SMILES string of the molecule is COc1ccccc1CCc1nc(C2(N)CCCC2)no1. The quantitative estimate of drug-likeness (QED) is 0.915. The molecule has 1 aliphatic carbocycles. The molecule has 0 spiro atoms. The minimum atomic E-state index is -0.383. The third-order valence-corrected chi connectivity index (χ3v) is 4.21. The van der Waals surface area contributed by atoms with Crippen molar-refractivity contribution in [2.75, 3.05) is 7.11 Å². The lowest BCUT2D eigenvalue weighted by Crippen LogP contribution is -2.34. The number of para-hydroxylation sites is 1. The zero-order valence-corrected chi connectivity index (χ0v) is 12.3. The molecule has 1 aliphatic rings. The van der Waals surface area contributed by atoms with Gasteiger partial charge in [0.05, 0.1) is 12.6 Å². The van der Waals surface area contributed by atoms with Crippen molar-refractivity contribution in [1.82, 2.24) is 10.1 Å². The van der Waals surface area contributed by atoms with Crippen molar-refractivity contribution in [2.24, 2.45) is 5.73 Å². The normalized spacial score (nSPS) is 17.0. The molecular weight excluding hydrogens is 266 g/mol. The molecule has 5 heteroatoms. The number of aromatic nitrogens is 2. The number of rotatable bonds is 5. The van der Waals surface area contributed by atoms with Gasteiger partial charge in [0.1, 0.15) is 5.75 Å². The second-order valence-corrected chi connectivity index (χ2v) is 5.69. The maximum absolute atomic E-state index is 6.34. The Bertz CT molecular complexity index is 603. The Labute approximate surface area is 124 Å². The van der Waals surface area contributed by atoms with E-state index in [2.05, 4.69) is 16.2 Å². The predicted molar refractivity (Wildman–Crippen MR) is 79.0 cm³/mol. The van der Waals surface area contributed by atoms with Crippen LogP contribution in [0.25, 0.3) is 0 Å². The van der Waals surface area contributed by atoms with E-state index >= 15 is 0 Å². The molecule has 21 heavy (non-hydrogen) atoms. The van der Waals surface area contributed by atoms with Crippen molar-refractivity contribution in [2.45, 2.75) is 44.1 Å². The van der Waals surface area contributed by atoms with Crippen LogP contribution in [0.2, 0.25) is 0 Å². The van der Waals surface area contributed by atoms with Gasteiger partial charge in [0.15, 0.2) is 5.82 Å². The van der Waals surface area contributed by atoms with E-state index in [4.69, 9.17) is 15.0 Å². The Balaban J connectivity index is 1.67. The van der Waals surface area contributed by atoms with Crippen LogP contribution in [0.3, 0.4) is 0 Å². The third kappa shape index (κ3) is 2.93. The Morgan fingerprint density at radius 2 is 2.00 bits per heavy atom. The van der Waals surface area contributed by atoms with Gasteiger partial charge >= 0.3 is 0 Å². The van der Waals surface area contributed by atoms with E-state index in [1.807, 2.05) is 18.2 Å². The van der Waals surface area contributed by atoms with Gasteiger partial charge in [0.25, 0.3) is 0 Å². The Morgan fingerprint density at radius 1 is 1.24 bits per heavy atom. The first-order chi connectivity index (χ1) is 10.2. The van der Waals surface area contributed by atoms with Gasteiger partial charge < -0.3 is 15.0 Å². The predicted octanol–water partition coefficient (Wildman–Crippen LogP) is 2.59. The summed E-state index contributed by atoms with van der Waals surface area (Å²) in [6, 6.07) is 7.98. The van der Waals surface area contributed by atoms with Crippen molar-refractivity contribution in [3.05, 3.63) is 41.5 Å². The summed E-state index contributed by atoms with van der Waals surface area (Å²) < 4.78 is 10.7. The van der Waals surface area contributed by atoms with E-state index in [-0.39, 0.29) is 5.54 Å². The van der Waals surface area contributed by atoms with E-state index in [0.717, 1.165) is 43.4 Å². The molecule has 3 rings (SSSR count). The molecule has 1 fully saturated rings. The maximum Gasteiger partial charge on any atom is 0.227 e. The standard InChI is InChI=1S/C16H21N3O2/c1-20-13-7-3-2-6-12(13)8-9-14-18-15(19-21-14)16(17)10-4-5-11-16/h2-3,6-7H,4-5,8-11,17H2,1H3. The largest absolute Gasteiger partial charge is 0.496 e. The molecule has 0 unspecified atom stereocenters. The van der Waals surface area contributed by atoms with Gasteiger partial charge in [-0.05, 0) is 30.9 Å². The highest BCUT2D eigenvalue weighted by Crippen LogP contribution is 2.34. The summed E-state index contributed by atoms with van der Waals surface area (Å²) in [6.45, 7) is 0. The monoisotopic (exact) mass is 287 g/mol. The summed E-state index contributed by atoms with van der Waals surface area (Å²) in [5, 5.41) is 4.08. The molecule has 5 nitrogen and oxygen atoms in total. The van der Waals surface area contributed by atoms with E-state index in [0.29, 0.717) is 18.1 Å². The molecule has 0 radical (unpaired) electrons. The highest BCUT2D eigenvalue weighted by atomic mass is 16.5. The molecule has 0 atom stereocenters. The minimum Gasteiger partial charge on any atom is -0.496 e. The van der Waals surface area contributed by atoms with E-state index in [9.17, 15) is 0 Å². The lowest BCUT2D eigenvalue weighted by Gasteiger charge is -2.17. The number of aryl methyl sites for hydroxylation is 2. The fourth-order valence-corrected chi connectivity index (χ4v) is 2.94. The smallest absolute Gasteiger partial charge is 0.227 e. The van der Waals surface area contributed by atoms with Crippen molar-refractivity contribution >= 4 is 0 Å². The zero-order chi connectivity index (χ0) is 14.7. The molecule has 0 amide bonds. The molecule has 2 N–H and O–H groups in total. The fraction of sp³-hybridized carbons (Fsp3) is 0.500. The van der Waals surface area contributed by atoms with Crippen LogP contribution in [-0.4, -0.2) is 17.3 Å². The van der Waals surface area contributed by atoms with Crippen molar-refractivity contribution in [3.63, 3.8) is 0 Å². The molecule has 112 valence electrons. The molecule has 1 heterocycles. The molecule has 1 saturated carbocycles. The molecule has 0 aliphatic heterocycles. The summed E-state index contributed by atoms with van der Waals surface area (Å²) in [4.78, 5) is 4.49. The summed E-state index contributed by atoms with van der Waals surface area (Å²) in [5.41, 5.74) is 7.10. The van der Waals surface area contributed by atoms with Gasteiger partial charge in [-0.1, -0.05) is 36.2 Å². The summed E-state index contributed by atoms with van der Waals surface area (Å²) >= 11 is 0. The topological polar surface area (TPSA) is 74.2 Å². The molecule has 1 aromatic carbocycles. The first-order valence-electron chi connectivity index (χ1n) is 7.45. The minimum absolute atomic E-state index is 0.383. The van der Waals surface area contributed by atoms with Gasteiger partial charge in [-0.3, -0.25) is 0 Å². The van der Waals surface area contributed by atoms with Crippen LogP contribution >= 0.6 is 0 Å². The van der Waals surface area contributed by atoms with Gasteiger partial charge in [-0.25, -0.2) is 0 Å². The fourth-order valence-electron chi connectivity index (χ4n) is 2.94. The van der Waals surface area contributed by atoms with Crippen molar-refractivity contribution in [3.8, 4) is 5.75 Å². The zero-order valence-electron chi connectivity index (χ0n) is 12.3. The molecule has 2 aromatic rings. The lowest BCUT2D eigenvalue weighted by atomic mass is 9.99. The Kier molecular flexibility index (Phi) is 3.92. The second kappa shape index (κ2) is 5.85. The van der Waals surface area contributed by atoms with Crippen LogP contribution in [0.15, 0.2) is 28.8 Å². The number of nitrogens with two attached hydrogens (primary N) is 1. The molecule has 1 aromatic heterocycles. The van der Waals surface area contributed by atoms with Crippen LogP contribution in [-0.2, 0) is 18.4 Å². The van der Waals surface area contributed by atoms with Crippen LogP contribution in [0, 0.1) is 0 Å². The number of ether oxygens (including phenoxy) is 1. The van der Waals surface area contributed by atoms with Crippen LogP contribution in [0.4, 0.5) is 0 Å². The van der Waals surface area contributed by atoms with Crippen molar-refractivity contribution in [1.29, 1.82) is 0 Å². The molecule has 0 saturated heterocycles. The average molecular weight is 287 g/mol. The van der Waals surface area contributed by atoms with E-state index in [1.165, 1.54) is 0 Å². The highest BCUT2D eigenvalue weighted by molar-refractivity contribution is 5.33.